The summed E-state index contributed by atoms with van der Waals surface area (Å²) in [6.07, 6.45) is 4.61. The van der Waals surface area contributed by atoms with E-state index in [0.29, 0.717) is 0 Å². The number of pyridine rings is 1. The van der Waals surface area contributed by atoms with Crippen molar-refractivity contribution in [2.75, 3.05) is 13.1 Å². The van der Waals surface area contributed by atoms with Gasteiger partial charge in [-0.3, -0.25) is 9.98 Å². The second-order valence-corrected chi connectivity index (χ2v) is 4.83. The van der Waals surface area contributed by atoms with Crippen molar-refractivity contribution in [1.29, 1.82) is 0 Å². The molecule has 0 radical (unpaired) electrons. The molecule has 1 atom stereocenters. The lowest BCUT2D eigenvalue weighted by Gasteiger charge is -2.20. The van der Waals surface area contributed by atoms with Crippen LogP contribution in [0.2, 0.25) is 0 Å². The third-order valence-electron chi connectivity index (χ3n) is 3.35. The Kier molecular flexibility index (Phi) is 3.92. The highest BCUT2D eigenvalue weighted by atomic mass is 15.2. The van der Waals surface area contributed by atoms with Gasteiger partial charge in [0.05, 0.1) is 12.6 Å². The average molecular weight is 266 g/mol. The van der Waals surface area contributed by atoms with E-state index in [1.807, 2.05) is 18.3 Å². The summed E-state index contributed by atoms with van der Waals surface area (Å²) in [4.78, 5) is 8.61. The Balaban J connectivity index is 1.79. The molecule has 2 heterocycles. The summed E-state index contributed by atoms with van der Waals surface area (Å²) < 4.78 is 0. The molecule has 1 aliphatic rings. The van der Waals surface area contributed by atoms with E-state index in [1.165, 1.54) is 11.1 Å². The van der Waals surface area contributed by atoms with Gasteiger partial charge in [0, 0.05) is 18.9 Å². The van der Waals surface area contributed by atoms with Crippen LogP contribution in [0.5, 0.6) is 0 Å². The van der Waals surface area contributed by atoms with Crippen LogP contribution in [0.25, 0.3) is 0 Å². The summed E-state index contributed by atoms with van der Waals surface area (Å²) in [7, 11) is 0. The Bertz CT molecular complexity index is 566. The van der Waals surface area contributed by atoms with Crippen LogP contribution in [0.1, 0.15) is 17.2 Å². The van der Waals surface area contributed by atoms with Gasteiger partial charge in [0.1, 0.15) is 0 Å². The Morgan fingerprint density at radius 1 is 1.15 bits per heavy atom. The number of rotatable bonds is 4. The van der Waals surface area contributed by atoms with Crippen molar-refractivity contribution in [3.8, 4) is 0 Å². The molecule has 4 nitrogen and oxygen atoms in total. The molecule has 0 fully saturated rings. The van der Waals surface area contributed by atoms with Crippen LogP contribution in [0.15, 0.2) is 59.9 Å². The number of aromatic nitrogens is 1. The van der Waals surface area contributed by atoms with E-state index in [4.69, 9.17) is 0 Å². The lowest BCUT2D eigenvalue weighted by atomic mass is 10.00. The predicted octanol–water partition coefficient (Wildman–Crippen LogP) is 1.91. The maximum absolute atomic E-state index is 4.42. The van der Waals surface area contributed by atoms with Crippen molar-refractivity contribution in [1.82, 2.24) is 15.6 Å². The fourth-order valence-electron chi connectivity index (χ4n) is 2.35. The first-order valence-electron chi connectivity index (χ1n) is 6.90. The van der Waals surface area contributed by atoms with Crippen LogP contribution in [-0.2, 0) is 6.42 Å². The number of guanidine groups is 1. The molecule has 0 amide bonds. The molecule has 1 aromatic carbocycles. The Labute approximate surface area is 119 Å². The van der Waals surface area contributed by atoms with Crippen molar-refractivity contribution >= 4 is 5.96 Å². The van der Waals surface area contributed by atoms with Gasteiger partial charge in [-0.25, -0.2) is 0 Å². The number of aliphatic imine (C=N–C) groups is 1. The van der Waals surface area contributed by atoms with Crippen LogP contribution in [0.4, 0.5) is 0 Å². The van der Waals surface area contributed by atoms with Gasteiger partial charge >= 0.3 is 0 Å². The molecule has 0 bridgehead atoms. The molecule has 2 N–H and O–H groups in total. The second-order valence-electron chi connectivity index (χ2n) is 4.83. The predicted molar refractivity (Wildman–Crippen MR) is 80.6 cm³/mol. The molecule has 0 aliphatic carbocycles. The van der Waals surface area contributed by atoms with Gasteiger partial charge in [0.25, 0.3) is 0 Å². The van der Waals surface area contributed by atoms with Crippen LogP contribution in [-0.4, -0.2) is 24.0 Å². The molecular formula is C16H18N4. The van der Waals surface area contributed by atoms with Crippen LogP contribution in [0.3, 0.4) is 0 Å². The minimum atomic E-state index is 0.199. The second kappa shape index (κ2) is 6.19. The molecule has 0 saturated heterocycles. The first-order valence-corrected chi connectivity index (χ1v) is 6.90. The summed E-state index contributed by atoms with van der Waals surface area (Å²) in [6, 6.07) is 14.7. The van der Waals surface area contributed by atoms with E-state index >= 15 is 0 Å². The van der Waals surface area contributed by atoms with Gasteiger partial charge in [-0.2, -0.15) is 0 Å². The number of hydrogen-bond acceptors (Lipinski definition) is 4. The third-order valence-corrected chi connectivity index (χ3v) is 3.35. The van der Waals surface area contributed by atoms with Crippen LogP contribution < -0.4 is 10.6 Å². The zero-order valence-corrected chi connectivity index (χ0v) is 11.3. The van der Waals surface area contributed by atoms with Crippen molar-refractivity contribution < 1.29 is 0 Å². The molecule has 3 rings (SSSR count). The highest BCUT2D eigenvalue weighted by molar-refractivity contribution is 5.81. The molecule has 0 spiro atoms. The summed E-state index contributed by atoms with van der Waals surface area (Å²) in [6.45, 7) is 1.76. The summed E-state index contributed by atoms with van der Waals surface area (Å²) in [5.74, 6) is 0.891. The first kappa shape index (κ1) is 12.7. The summed E-state index contributed by atoms with van der Waals surface area (Å²) in [5, 5.41) is 6.76. The maximum Gasteiger partial charge on any atom is 0.191 e. The smallest absolute Gasteiger partial charge is 0.191 e. The van der Waals surface area contributed by atoms with Crippen molar-refractivity contribution in [3.63, 3.8) is 0 Å². The molecule has 2 aromatic rings. The van der Waals surface area contributed by atoms with E-state index in [2.05, 4.69) is 50.9 Å². The van der Waals surface area contributed by atoms with E-state index < -0.39 is 0 Å². The molecule has 20 heavy (non-hydrogen) atoms. The fourth-order valence-corrected chi connectivity index (χ4v) is 2.35. The molecule has 102 valence electrons. The quantitative estimate of drug-likeness (QED) is 0.889. The molecule has 0 saturated carbocycles. The van der Waals surface area contributed by atoms with Crippen LogP contribution in [0, 0.1) is 0 Å². The van der Waals surface area contributed by atoms with Gasteiger partial charge in [0.2, 0.25) is 0 Å². The highest BCUT2D eigenvalue weighted by Gasteiger charge is 2.15. The standard InChI is InChI=1S/C16H18N4/c1-2-6-14(7-3-1)15(20-16-18-9-10-19-16)11-13-5-4-8-17-12-13/h1-8,12,15H,9-11H2,(H2,18,19,20). The van der Waals surface area contributed by atoms with Gasteiger partial charge in [0.15, 0.2) is 5.96 Å². The average Bonchev–Trinajstić information content (AvgIpc) is 3.02. The van der Waals surface area contributed by atoms with Crippen molar-refractivity contribution in [3.05, 3.63) is 66.0 Å². The molecule has 1 aromatic heterocycles. The largest absolute Gasteiger partial charge is 0.355 e. The lowest BCUT2D eigenvalue weighted by molar-refractivity contribution is 0.633. The Morgan fingerprint density at radius 2 is 2.05 bits per heavy atom. The highest BCUT2D eigenvalue weighted by Crippen LogP contribution is 2.18. The minimum Gasteiger partial charge on any atom is -0.355 e. The van der Waals surface area contributed by atoms with E-state index in [-0.39, 0.29) is 6.04 Å². The normalized spacial score (nSPS) is 15.3. The van der Waals surface area contributed by atoms with Crippen molar-refractivity contribution in [2.24, 2.45) is 4.99 Å². The SMILES string of the molecule is c1ccc(C(Cc2cccnc2)NC2=NCCN2)cc1. The number of nitrogens with zero attached hydrogens (tertiary/aromatic N) is 2. The maximum atomic E-state index is 4.42. The summed E-state index contributed by atoms with van der Waals surface area (Å²) >= 11 is 0. The van der Waals surface area contributed by atoms with Crippen molar-refractivity contribution in [2.45, 2.75) is 12.5 Å². The summed E-state index contributed by atoms with van der Waals surface area (Å²) in [5.41, 5.74) is 2.47. The number of hydrogen-bond donors (Lipinski definition) is 2. The van der Waals surface area contributed by atoms with E-state index in [9.17, 15) is 0 Å². The van der Waals surface area contributed by atoms with Crippen LogP contribution >= 0.6 is 0 Å². The zero-order chi connectivity index (χ0) is 13.6. The van der Waals surface area contributed by atoms with Gasteiger partial charge < -0.3 is 10.6 Å². The van der Waals surface area contributed by atoms with E-state index in [0.717, 1.165) is 25.5 Å². The Morgan fingerprint density at radius 3 is 2.75 bits per heavy atom. The first-order chi connectivity index (χ1) is 9.92. The molecule has 1 unspecified atom stereocenters. The fraction of sp³-hybridized carbons (Fsp3) is 0.250. The number of benzene rings is 1. The number of nitrogens with one attached hydrogen (secondary N) is 2. The molecular weight excluding hydrogens is 248 g/mol. The van der Waals surface area contributed by atoms with E-state index in [1.54, 1.807) is 6.20 Å². The minimum absolute atomic E-state index is 0.199. The topological polar surface area (TPSA) is 49.3 Å². The van der Waals surface area contributed by atoms with Gasteiger partial charge in [-0.15, -0.1) is 0 Å². The van der Waals surface area contributed by atoms with Gasteiger partial charge in [-0.05, 0) is 23.6 Å². The molecule has 1 aliphatic heterocycles. The lowest BCUT2D eigenvalue weighted by Crippen LogP contribution is -2.37. The Hall–Kier alpha value is -2.36. The van der Waals surface area contributed by atoms with Gasteiger partial charge in [-0.1, -0.05) is 36.4 Å². The zero-order valence-electron chi connectivity index (χ0n) is 11.3. The molecule has 4 heteroatoms. The monoisotopic (exact) mass is 266 g/mol. The third kappa shape index (κ3) is 3.15.